The number of ether oxygens (including phenoxy) is 1. The number of esters is 1. The van der Waals surface area contributed by atoms with E-state index in [1.54, 1.807) is 0 Å². The number of carbonyl (C=O) groups is 2. The molecule has 0 aliphatic carbocycles. The van der Waals surface area contributed by atoms with E-state index < -0.39 is 12.1 Å². The molecule has 2 atom stereocenters. The van der Waals surface area contributed by atoms with Gasteiger partial charge in [0.1, 0.15) is 0 Å². The molecule has 0 aromatic heterocycles. The number of unbranched alkanes of at least 4 members (excludes halogenated alkanes) is 48. The van der Waals surface area contributed by atoms with Crippen LogP contribution in [0.1, 0.15) is 367 Å². The lowest BCUT2D eigenvalue weighted by Crippen LogP contribution is -2.45. The first kappa shape index (κ1) is 69.6. The van der Waals surface area contributed by atoms with Gasteiger partial charge in [-0.1, -0.05) is 315 Å². The highest BCUT2D eigenvalue weighted by atomic mass is 16.5. The summed E-state index contributed by atoms with van der Waals surface area (Å²) in [5, 5.41) is 23.4. The molecule has 0 radical (unpaired) electrons. The zero-order valence-corrected chi connectivity index (χ0v) is 48.2. The van der Waals surface area contributed by atoms with Crippen molar-refractivity contribution in [1.29, 1.82) is 0 Å². The average molecular weight is 1000 g/mol. The second-order valence-corrected chi connectivity index (χ2v) is 22.5. The molecule has 0 spiro atoms. The van der Waals surface area contributed by atoms with Gasteiger partial charge in [-0.05, 0) is 51.4 Å². The van der Waals surface area contributed by atoms with Gasteiger partial charge in [0.25, 0.3) is 0 Å². The van der Waals surface area contributed by atoms with Crippen molar-refractivity contribution in [2.45, 2.75) is 379 Å². The Morgan fingerprint density at radius 3 is 1.00 bits per heavy atom. The minimum Gasteiger partial charge on any atom is -0.466 e. The summed E-state index contributed by atoms with van der Waals surface area (Å²) in [7, 11) is 0. The zero-order chi connectivity index (χ0) is 51.4. The van der Waals surface area contributed by atoms with E-state index in [2.05, 4.69) is 31.3 Å². The van der Waals surface area contributed by atoms with E-state index in [4.69, 9.17) is 4.74 Å². The maximum Gasteiger partial charge on any atom is 0.305 e. The summed E-state index contributed by atoms with van der Waals surface area (Å²) in [6.45, 7) is 4.97. The number of hydrogen-bond acceptors (Lipinski definition) is 5. The molecule has 0 aliphatic heterocycles. The Hall–Kier alpha value is -1.40. The maximum atomic E-state index is 12.5. The van der Waals surface area contributed by atoms with Crippen molar-refractivity contribution in [2.24, 2.45) is 0 Å². The summed E-state index contributed by atoms with van der Waals surface area (Å²) < 4.78 is 5.50. The monoisotopic (exact) mass is 1000 g/mol. The molecule has 422 valence electrons. The van der Waals surface area contributed by atoms with Gasteiger partial charge in [-0.15, -0.1) is 0 Å². The molecule has 0 aromatic carbocycles. The average Bonchev–Trinajstić information content (AvgIpc) is 3.37. The lowest BCUT2D eigenvalue weighted by molar-refractivity contribution is -0.143. The Bertz CT molecular complexity index is 1060. The van der Waals surface area contributed by atoms with Crippen LogP contribution in [0.4, 0.5) is 0 Å². The van der Waals surface area contributed by atoms with Crippen LogP contribution in [0.2, 0.25) is 0 Å². The van der Waals surface area contributed by atoms with Crippen LogP contribution in [0.15, 0.2) is 12.2 Å². The summed E-state index contributed by atoms with van der Waals surface area (Å²) >= 11 is 0. The number of aliphatic hydroxyl groups is 2. The Labute approximate surface area is 444 Å². The summed E-state index contributed by atoms with van der Waals surface area (Å²) in [5.74, 6) is -0.0328. The lowest BCUT2D eigenvalue weighted by Gasteiger charge is -2.22. The van der Waals surface area contributed by atoms with Gasteiger partial charge in [-0.25, -0.2) is 0 Å². The van der Waals surface area contributed by atoms with E-state index >= 15 is 0 Å². The molecule has 0 bridgehead atoms. The second-order valence-electron chi connectivity index (χ2n) is 22.5. The minimum atomic E-state index is -0.668. The Balaban J connectivity index is 3.40. The molecule has 2 unspecified atom stereocenters. The van der Waals surface area contributed by atoms with Crippen molar-refractivity contribution < 1.29 is 24.5 Å². The molecular weight excluding hydrogens is 875 g/mol. The fourth-order valence-electron chi connectivity index (χ4n) is 10.3. The van der Waals surface area contributed by atoms with E-state index in [9.17, 15) is 19.8 Å². The number of nitrogens with one attached hydrogen (secondary N) is 1. The van der Waals surface area contributed by atoms with Crippen molar-refractivity contribution >= 4 is 11.9 Å². The Morgan fingerprint density at radius 2 is 0.662 bits per heavy atom. The summed E-state index contributed by atoms with van der Waals surface area (Å²) in [6, 6.07) is -0.546. The quantitative estimate of drug-likeness (QED) is 0.0320. The van der Waals surface area contributed by atoms with Gasteiger partial charge in [0.2, 0.25) is 5.91 Å². The highest BCUT2D eigenvalue weighted by Crippen LogP contribution is 2.18. The first-order chi connectivity index (χ1) is 35.0. The van der Waals surface area contributed by atoms with Crippen molar-refractivity contribution in [2.75, 3.05) is 13.2 Å². The Kier molecular flexibility index (Phi) is 59.9. The second kappa shape index (κ2) is 61.1. The lowest BCUT2D eigenvalue weighted by atomic mass is 10.0. The largest absolute Gasteiger partial charge is 0.466 e. The topological polar surface area (TPSA) is 95.9 Å². The van der Waals surface area contributed by atoms with Crippen molar-refractivity contribution in [3.8, 4) is 0 Å². The fourth-order valence-corrected chi connectivity index (χ4v) is 10.3. The van der Waals surface area contributed by atoms with E-state index in [1.807, 2.05) is 0 Å². The van der Waals surface area contributed by atoms with Crippen molar-refractivity contribution in [3.05, 3.63) is 12.2 Å². The van der Waals surface area contributed by atoms with E-state index in [0.29, 0.717) is 25.9 Å². The van der Waals surface area contributed by atoms with Crippen LogP contribution in [0.3, 0.4) is 0 Å². The van der Waals surface area contributed by atoms with Gasteiger partial charge in [0.15, 0.2) is 0 Å². The van der Waals surface area contributed by atoms with Gasteiger partial charge >= 0.3 is 5.97 Å². The number of allylic oxidation sites excluding steroid dienone is 2. The molecule has 6 heteroatoms. The summed E-state index contributed by atoms with van der Waals surface area (Å²) in [5.41, 5.74) is 0. The third kappa shape index (κ3) is 57.7. The maximum absolute atomic E-state index is 12.5. The van der Waals surface area contributed by atoms with Crippen LogP contribution in [-0.2, 0) is 14.3 Å². The van der Waals surface area contributed by atoms with Crippen LogP contribution in [-0.4, -0.2) is 47.4 Å². The molecule has 0 rings (SSSR count). The molecule has 0 saturated heterocycles. The standard InChI is InChI=1S/C65H127NO5/c1-3-5-7-9-11-13-15-17-19-21-23-25-29-33-37-41-45-49-53-57-63(68)62(61-67)66-64(69)58-54-50-46-42-38-34-30-26-24-28-32-36-40-44-48-52-56-60-71-65(70)59-55-51-47-43-39-35-31-27-22-20-18-16-14-12-10-8-6-4-2/h20,22,62-63,67-68H,3-19,21,23-61H2,1-2H3,(H,66,69)/b22-20-. The summed E-state index contributed by atoms with van der Waals surface area (Å²) in [4.78, 5) is 24.6. The molecule has 0 aliphatic rings. The SMILES string of the molecule is CCCCCCCCC/C=C\CCCCCCCCCC(=O)OCCCCCCCCCCCCCCCCCCCC(=O)NC(CO)C(O)CCCCCCCCCCCCCCCCCCCCC. The third-order valence-corrected chi connectivity index (χ3v) is 15.3. The van der Waals surface area contributed by atoms with Gasteiger partial charge in [-0.2, -0.15) is 0 Å². The predicted octanol–water partition coefficient (Wildman–Crippen LogP) is 20.4. The number of aliphatic hydroxyl groups excluding tert-OH is 2. The van der Waals surface area contributed by atoms with E-state index in [1.165, 1.54) is 289 Å². The van der Waals surface area contributed by atoms with Crippen molar-refractivity contribution in [1.82, 2.24) is 5.32 Å². The van der Waals surface area contributed by atoms with Gasteiger partial charge in [-0.3, -0.25) is 9.59 Å². The third-order valence-electron chi connectivity index (χ3n) is 15.3. The number of amides is 1. The van der Waals surface area contributed by atoms with Crippen LogP contribution in [0.5, 0.6) is 0 Å². The van der Waals surface area contributed by atoms with Crippen molar-refractivity contribution in [3.63, 3.8) is 0 Å². The van der Waals surface area contributed by atoms with Crippen LogP contribution >= 0.6 is 0 Å². The van der Waals surface area contributed by atoms with Crippen LogP contribution in [0.25, 0.3) is 0 Å². The molecule has 0 aromatic rings. The van der Waals surface area contributed by atoms with E-state index in [-0.39, 0.29) is 18.5 Å². The van der Waals surface area contributed by atoms with Crippen LogP contribution < -0.4 is 5.32 Å². The molecule has 71 heavy (non-hydrogen) atoms. The zero-order valence-electron chi connectivity index (χ0n) is 48.2. The van der Waals surface area contributed by atoms with Gasteiger partial charge < -0.3 is 20.3 Å². The molecule has 0 fully saturated rings. The smallest absolute Gasteiger partial charge is 0.305 e. The highest BCUT2D eigenvalue weighted by Gasteiger charge is 2.20. The molecule has 0 saturated carbocycles. The number of rotatable bonds is 61. The first-order valence-corrected chi connectivity index (χ1v) is 32.4. The predicted molar refractivity (Wildman–Crippen MR) is 310 cm³/mol. The molecule has 0 heterocycles. The Morgan fingerprint density at radius 1 is 0.380 bits per heavy atom. The molecular formula is C65H127NO5. The van der Waals surface area contributed by atoms with Crippen LogP contribution in [0, 0.1) is 0 Å². The fraction of sp³-hybridized carbons (Fsp3) is 0.938. The highest BCUT2D eigenvalue weighted by molar-refractivity contribution is 5.76. The first-order valence-electron chi connectivity index (χ1n) is 32.4. The number of carbonyl (C=O) groups excluding carboxylic acids is 2. The minimum absolute atomic E-state index is 0.00369. The molecule has 1 amide bonds. The van der Waals surface area contributed by atoms with E-state index in [0.717, 1.165) is 44.9 Å². The van der Waals surface area contributed by atoms with Gasteiger partial charge in [0, 0.05) is 12.8 Å². The normalized spacial score (nSPS) is 12.6. The molecule has 6 nitrogen and oxygen atoms in total. The molecule has 3 N–H and O–H groups in total. The summed E-state index contributed by atoms with van der Waals surface area (Å²) in [6.07, 6.45) is 73.6. The number of hydrogen-bond donors (Lipinski definition) is 3. The van der Waals surface area contributed by atoms with Gasteiger partial charge in [0.05, 0.1) is 25.4 Å².